The van der Waals surface area contributed by atoms with Gasteiger partial charge in [-0.15, -0.1) is 0 Å². The fourth-order valence-electron chi connectivity index (χ4n) is 3.77. The van der Waals surface area contributed by atoms with Gasteiger partial charge in [0.25, 0.3) is 0 Å². The minimum Gasteiger partial charge on any atom is -0.504 e. The number of urea groups is 1. The lowest BCUT2D eigenvalue weighted by molar-refractivity contribution is 0.0129. The van der Waals surface area contributed by atoms with Gasteiger partial charge in [-0.25, -0.2) is 9.42 Å². The second-order valence-electron chi connectivity index (χ2n) is 9.85. The molecule has 0 aliphatic heterocycles. The van der Waals surface area contributed by atoms with E-state index in [0.29, 0.717) is 70.2 Å². The van der Waals surface area contributed by atoms with Crippen LogP contribution in [0.1, 0.15) is 30.9 Å². The molecule has 2 aromatic carbocycles. The number of carbonyl (C=O) groups excluding carboxylic acids is 1. The van der Waals surface area contributed by atoms with Crippen LogP contribution in [0, 0.1) is 0 Å². The van der Waals surface area contributed by atoms with Gasteiger partial charge in [0.2, 0.25) is 0 Å². The number of benzene rings is 2. The number of rotatable bonds is 22. The van der Waals surface area contributed by atoms with E-state index < -0.39 is 48.1 Å². The zero-order valence-corrected chi connectivity index (χ0v) is 26.1. The van der Waals surface area contributed by atoms with Gasteiger partial charge in [-0.3, -0.25) is 4.57 Å². The molecular formula is C28H44N3O13P. The van der Waals surface area contributed by atoms with E-state index in [4.69, 9.17) is 14.2 Å². The molecule has 2 rings (SSSR count). The van der Waals surface area contributed by atoms with Crippen LogP contribution in [0.2, 0.25) is 0 Å². The Labute approximate surface area is 261 Å². The average Bonchev–Trinajstić information content (AvgIpc) is 3.00. The molecule has 2 aromatic rings. The minimum absolute atomic E-state index is 0.0298. The van der Waals surface area contributed by atoms with Crippen LogP contribution in [0.15, 0.2) is 24.3 Å². The summed E-state index contributed by atoms with van der Waals surface area (Å²) >= 11 is 0. The third kappa shape index (κ3) is 14.4. The van der Waals surface area contributed by atoms with E-state index in [1.54, 1.807) is 6.92 Å². The number of aromatic hydroxyl groups is 6. The first kappa shape index (κ1) is 37.7. The number of phenols is 6. The normalized spacial score (nSPS) is 12.6. The summed E-state index contributed by atoms with van der Waals surface area (Å²) in [4.78, 5) is 23.6. The maximum Gasteiger partial charge on any atom is 0.344 e. The molecule has 2 amide bonds. The summed E-state index contributed by atoms with van der Waals surface area (Å²) in [7, 11) is -3.54. The summed E-state index contributed by atoms with van der Waals surface area (Å²) in [6.45, 7) is 4.54. The van der Waals surface area contributed by atoms with E-state index in [2.05, 4.69) is 15.4 Å². The lowest BCUT2D eigenvalue weighted by atomic mass is 10.1. The molecule has 1 atom stereocenters. The maximum absolute atomic E-state index is 13.0. The van der Waals surface area contributed by atoms with Crippen molar-refractivity contribution in [3.63, 3.8) is 0 Å². The van der Waals surface area contributed by atoms with Gasteiger partial charge in [0, 0.05) is 45.6 Å². The average molecular weight is 662 g/mol. The molecule has 0 aliphatic rings. The molecule has 17 heteroatoms. The van der Waals surface area contributed by atoms with Crippen molar-refractivity contribution in [3.05, 3.63) is 35.4 Å². The summed E-state index contributed by atoms with van der Waals surface area (Å²) in [6, 6.07) is 4.50. The highest BCUT2D eigenvalue weighted by Crippen LogP contribution is 2.39. The second-order valence-corrected chi connectivity index (χ2v) is 11.9. The topological polar surface area (TPSA) is 240 Å². The van der Waals surface area contributed by atoms with Gasteiger partial charge in [0.1, 0.15) is 0 Å². The van der Waals surface area contributed by atoms with E-state index in [1.807, 2.05) is 0 Å². The van der Waals surface area contributed by atoms with Crippen molar-refractivity contribution in [2.45, 2.75) is 32.7 Å². The lowest BCUT2D eigenvalue weighted by Gasteiger charge is -2.24. The quantitative estimate of drug-likeness (QED) is 0.0381. The summed E-state index contributed by atoms with van der Waals surface area (Å²) in [5, 5.41) is 61.2. The van der Waals surface area contributed by atoms with Crippen LogP contribution in [-0.4, -0.2) is 112 Å². The first-order valence-corrected chi connectivity index (χ1v) is 16.2. The van der Waals surface area contributed by atoms with Crippen LogP contribution >= 0.6 is 7.60 Å². The number of ether oxygens (including phenoxy) is 3. The molecule has 0 saturated heterocycles. The molecule has 0 heterocycles. The van der Waals surface area contributed by atoms with Crippen molar-refractivity contribution < 1.29 is 63.7 Å². The molecule has 0 fully saturated rings. The van der Waals surface area contributed by atoms with Crippen molar-refractivity contribution in [2.24, 2.45) is 0 Å². The first-order valence-electron chi connectivity index (χ1n) is 14.4. The van der Waals surface area contributed by atoms with Gasteiger partial charge in [-0.05, 0) is 54.7 Å². The summed E-state index contributed by atoms with van der Waals surface area (Å²) < 4.78 is 32.3. The predicted octanol–water partition coefficient (Wildman–Crippen LogP) is 2.23. The van der Waals surface area contributed by atoms with Crippen LogP contribution in [0.25, 0.3) is 0 Å². The molecule has 0 radical (unpaired) electrons. The van der Waals surface area contributed by atoms with Gasteiger partial charge >= 0.3 is 13.6 Å². The van der Waals surface area contributed by atoms with Gasteiger partial charge in [-0.1, -0.05) is 6.92 Å². The van der Waals surface area contributed by atoms with Crippen molar-refractivity contribution in [1.29, 1.82) is 0 Å². The molecular weight excluding hydrogens is 617 g/mol. The van der Waals surface area contributed by atoms with E-state index in [0.717, 1.165) is 0 Å². The predicted molar refractivity (Wildman–Crippen MR) is 162 cm³/mol. The van der Waals surface area contributed by atoms with Gasteiger partial charge in [0.05, 0.1) is 26.4 Å². The van der Waals surface area contributed by atoms with Crippen LogP contribution in [-0.2, 0) is 36.4 Å². The zero-order valence-electron chi connectivity index (χ0n) is 25.2. The number of hydrogen-bond donors (Lipinski definition) is 9. The number of carbonyl (C=O) groups is 1. The fourth-order valence-corrected chi connectivity index (χ4v) is 4.20. The minimum atomic E-state index is -3.54. The third-order valence-corrected chi connectivity index (χ3v) is 7.46. The Bertz CT molecular complexity index is 1200. The highest BCUT2D eigenvalue weighted by molar-refractivity contribution is 7.52. The van der Waals surface area contributed by atoms with E-state index in [9.17, 15) is 44.9 Å². The Morgan fingerprint density at radius 2 is 1.22 bits per heavy atom. The standard InChI is InChI=1S/C28H44N3O13P/c1-2-45(39,40)44-30-7-4-10-42-12-14-43-13-11-41-9-3-6-29-28(38)31(19-21-17-24(34)27(37)25(35)18-21)8-5-20-15-22(32)26(36)23(33)16-20/h15-18,30,32-37H,2-14,19H2,1H3,(H,29,38)(H,39,40). The zero-order chi connectivity index (χ0) is 33.2. The Kier molecular flexibility index (Phi) is 16.6. The van der Waals surface area contributed by atoms with Gasteiger partial charge in [-0.2, -0.15) is 5.48 Å². The van der Waals surface area contributed by atoms with E-state index >= 15 is 0 Å². The number of amides is 2. The molecule has 1 unspecified atom stereocenters. The SMILES string of the molecule is CCP(=O)(O)ONCCCOCCOCCOCCCNC(=O)N(CCc1cc(O)c(O)c(O)c1)Cc1cc(O)c(O)c(O)c1. The monoisotopic (exact) mass is 661 g/mol. The number of nitrogens with one attached hydrogen (secondary N) is 2. The third-order valence-electron chi connectivity index (χ3n) is 6.25. The van der Waals surface area contributed by atoms with Crippen LogP contribution in [0.4, 0.5) is 4.79 Å². The molecule has 0 aliphatic carbocycles. The summed E-state index contributed by atoms with van der Waals surface area (Å²) in [5.41, 5.74) is 3.24. The van der Waals surface area contributed by atoms with Crippen molar-refractivity contribution >= 4 is 13.6 Å². The van der Waals surface area contributed by atoms with E-state index in [1.165, 1.54) is 29.2 Å². The Balaban J connectivity index is 1.66. The number of nitrogens with zero attached hydrogens (tertiary/aromatic N) is 1. The highest BCUT2D eigenvalue weighted by atomic mass is 31.2. The lowest BCUT2D eigenvalue weighted by Crippen LogP contribution is -2.41. The van der Waals surface area contributed by atoms with E-state index in [-0.39, 0.29) is 32.2 Å². The molecule has 9 N–H and O–H groups in total. The number of phenolic OH excluding ortho intramolecular Hbond substituents is 6. The van der Waals surface area contributed by atoms with Crippen molar-refractivity contribution in [1.82, 2.24) is 15.7 Å². The Morgan fingerprint density at radius 3 is 1.73 bits per heavy atom. The highest BCUT2D eigenvalue weighted by Gasteiger charge is 2.18. The van der Waals surface area contributed by atoms with Crippen molar-refractivity contribution in [3.8, 4) is 34.5 Å². The molecule has 0 spiro atoms. The molecule has 45 heavy (non-hydrogen) atoms. The molecule has 16 nitrogen and oxygen atoms in total. The van der Waals surface area contributed by atoms with Gasteiger partial charge in [0.15, 0.2) is 34.5 Å². The second kappa shape index (κ2) is 19.8. The molecule has 254 valence electrons. The number of hydroxylamine groups is 1. The van der Waals surface area contributed by atoms with Crippen LogP contribution in [0.5, 0.6) is 34.5 Å². The van der Waals surface area contributed by atoms with Crippen LogP contribution in [0.3, 0.4) is 0 Å². The molecule has 0 aromatic heterocycles. The van der Waals surface area contributed by atoms with Gasteiger partial charge < -0.3 is 60.0 Å². The molecule has 0 saturated carbocycles. The van der Waals surface area contributed by atoms with Crippen molar-refractivity contribution in [2.75, 3.05) is 65.4 Å². The number of hydrogen-bond acceptors (Lipinski definition) is 13. The van der Waals surface area contributed by atoms with Crippen LogP contribution < -0.4 is 10.8 Å². The first-order chi connectivity index (χ1) is 21.4. The summed E-state index contributed by atoms with van der Waals surface area (Å²) in [5.74, 6) is -3.42. The Hall–Kier alpha value is -3.50. The summed E-state index contributed by atoms with van der Waals surface area (Å²) in [6.07, 6.45) is 1.32. The molecule has 0 bridgehead atoms. The maximum atomic E-state index is 13.0. The Morgan fingerprint density at radius 1 is 0.756 bits per heavy atom. The largest absolute Gasteiger partial charge is 0.504 e. The fraction of sp³-hybridized carbons (Fsp3) is 0.536. The smallest absolute Gasteiger partial charge is 0.344 e.